The molecule has 1 aromatic rings. The van der Waals surface area contributed by atoms with E-state index in [0.717, 1.165) is 5.56 Å². The minimum atomic E-state index is -0.992. The molecule has 1 N–H and O–H groups in total. The molecular formula is C11H13ClO4. The lowest BCUT2D eigenvalue weighted by molar-refractivity contribution is -0.142. The van der Waals surface area contributed by atoms with E-state index in [1.54, 1.807) is 6.07 Å². The normalized spacial score (nSPS) is 10.1. The third-order valence-corrected chi connectivity index (χ3v) is 2.11. The van der Waals surface area contributed by atoms with Gasteiger partial charge in [0.25, 0.3) is 0 Å². The number of hydrogen-bond acceptors (Lipinski definition) is 3. The highest BCUT2D eigenvalue weighted by Gasteiger charge is 2.02. The van der Waals surface area contributed by atoms with Gasteiger partial charge in [0, 0.05) is 0 Å². The first-order valence-electron chi connectivity index (χ1n) is 4.78. The molecule has 5 heteroatoms. The predicted molar refractivity (Wildman–Crippen MR) is 60.1 cm³/mol. The molecule has 0 saturated carbocycles. The van der Waals surface area contributed by atoms with Gasteiger partial charge >= 0.3 is 5.97 Å². The highest BCUT2D eigenvalue weighted by atomic mass is 35.5. The van der Waals surface area contributed by atoms with Gasteiger partial charge in [0.2, 0.25) is 0 Å². The average molecular weight is 245 g/mol. The average Bonchev–Trinajstić information content (AvgIpc) is 2.22. The second kappa shape index (κ2) is 6.35. The van der Waals surface area contributed by atoms with Crippen molar-refractivity contribution in [3.05, 3.63) is 28.8 Å². The zero-order valence-corrected chi connectivity index (χ0v) is 9.66. The molecule has 0 saturated heterocycles. The fraction of sp³-hybridized carbons (Fsp3) is 0.364. The molecule has 88 valence electrons. The first-order valence-corrected chi connectivity index (χ1v) is 5.16. The van der Waals surface area contributed by atoms with E-state index in [9.17, 15) is 4.79 Å². The van der Waals surface area contributed by atoms with Gasteiger partial charge in [-0.05, 0) is 24.6 Å². The van der Waals surface area contributed by atoms with Crippen molar-refractivity contribution in [3.8, 4) is 5.75 Å². The number of ether oxygens (including phenoxy) is 2. The standard InChI is InChI=1S/C11H13ClO4/c1-8-2-3-9(12)10(6-8)16-5-4-15-7-11(13)14/h2-3,6H,4-5,7H2,1H3,(H,13,14). The van der Waals surface area contributed by atoms with Gasteiger partial charge in [0.05, 0.1) is 11.6 Å². The van der Waals surface area contributed by atoms with Gasteiger partial charge in [0.1, 0.15) is 19.0 Å². The maximum Gasteiger partial charge on any atom is 0.329 e. The zero-order chi connectivity index (χ0) is 12.0. The molecule has 1 rings (SSSR count). The molecule has 16 heavy (non-hydrogen) atoms. The van der Waals surface area contributed by atoms with Crippen LogP contribution in [-0.2, 0) is 9.53 Å². The van der Waals surface area contributed by atoms with Crippen LogP contribution in [0.4, 0.5) is 0 Å². The van der Waals surface area contributed by atoms with Crippen molar-refractivity contribution >= 4 is 17.6 Å². The summed E-state index contributed by atoms with van der Waals surface area (Å²) in [6.45, 7) is 2.11. The Balaban J connectivity index is 2.31. The van der Waals surface area contributed by atoms with Crippen molar-refractivity contribution in [2.45, 2.75) is 6.92 Å². The maximum absolute atomic E-state index is 10.1. The van der Waals surface area contributed by atoms with Crippen LogP contribution in [0.2, 0.25) is 5.02 Å². The van der Waals surface area contributed by atoms with Gasteiger partial charge in [0.15, 0.2) is 0 Å². The summed E-state index contributed by atoms with van der Waals surface area (Å²) < 4.78 is 10.2. The molecule has 1 aromatic carbocycles. The summed E-state index contributed by atoms with van der Waals surface area (Å²) in [4.78, 5) is 10.1. The molecule has 0 atom stereocenters. The predicted octanol–water partition coefficient (Wildman–Crippen LogP) is 2.13. The van der Waals surface area contributed by atoms with Gasteiger partial charge in [-0.3, -0.25) is 0 Å². The Hall–Kier alpha value is -1.26. The Morgan fingerprint density at radius 1 is 1.44 bits per heavy atom. The number of carboxylic acid groups (broad SMARTS) is 1. The van der Waals surface area contributed by atoms with Crippen LogP contribution in [0.15, 0.2) is 18.2 Å². The molecule has 0 amide bonds. The molecule has 0 unspecified atom stereocenters. The first-order chi connectivity index (χ1) is 7.59. The molecule has 0 radical (unpaired) electrons. The molecule has 0 spiro atoms. The van der Waals surface area contributed by atoms with Gasteiger partial charge in [-0.15, -0.1) is 0 Å². The van der Waals surface area contributed by atoms with E-state index in [1.165, 1.54) is 0 Å². The monoisotopic (exact) mass is 244 g/mol. The quantitative estimate of drug-likeness (QED) is 0.779. The number of hydrogen-bond donors (Lipinski definition) is 1. The number of benzene rings is 1. The van der Waals surface area contributed by atoms with Gasteiger partial charge in [-0.1, -0.05) is 17.7 Å². The lowest BCUT2D eigenvalue weighted by atomic mass is 10.2. The van der Waals surface area contributed by atoms with Crippen molar-refractivity contribution in [2.75, 3.05) is 19.8 Å². The Labute approximate surface area is 98.7 Å². The van der Waals surface area contributed by atoms with Crippen LogP contribution in [0.3, 0.4) is 0 Å². The van der Waals surface area contributed by atoms with E-state index in [0.29, 0.717) is 10.8 Å². The van der Waals surface area contributed by atoms with Crippen LogP contribution in [0, 0.1) is 6.92 Å². The van der Waals surface area contributed by atoms with E-state index >= 15 is 0 Å². The second-order valence-electron chi connectivity index (χ2n) is 3.23. The lowest BCUT2D eigenvalue weighted by Crippen LogP contribution is -2.12. The van der Waals surface area contributed by atoms with E-state index in [1.807, 2.05) is 19.1 Å². The van der Waals surface area contributed by atoms with Crippen molar-refractivity contribution in [1.82, 2.24) is 0 Å². The fourth-order valence-electron chi connectivity index (χ4n) is 1.09. The molecule has 0 fully saturated rings. The molecule has 0 aromatic heterocycles. The Morgan fingerprint density at radius 3 is 2.88 bits per heavy atom. The minimum absolute atomic E-state index is 0.219. The zero-order valence-electron chi connectivity index (χ0n) is 8.90. The van der Waals surface area contributed by atoms with E-state index in [-0.39, 0.29) is 19.8 Å². The van der Waals surface area contributed by atoms with Crippen molar-refractivity contribution in [3.63, 3.8) is 0 Å². The van der Waals surface area contributed by atoms with E-state index in [4.69, 9.17) is 26.2 Å². The summed E-state index contributed by atoms with van der Waals surface area (Å²) >= 11 is 5.90. The van der Waals surface area contributed by atoms with Crippen molar-refractivity contribution in [2.24, 2.45) is 0 Å². The summed E-state index contributed by atoms with van der Waals surface area (Å²) in [7, 11) is 0. The van der Waals surface area contributed by atoms with Gasteiger partial charge < -0.3 is 14.6 Å². The SMILES string of the molecule is Cc1ccc(Cl)c(OCCOCC(=O)O)c1. The maximum atomic E-state index is 10.1. The molecular weight excluding hydrogens is 232 g/mol. The number of halogens is 1. The van der Waals surface area contributed by atoms with Crippen LogP contribution in [0.5, 0.6) is 5.75 Å². The summed E-state index contributed by atoms with van der Waals surface area (Å²) in [6.07, 6.45) is 0. The van der Waals surface area contributed by atoms with Gasteiger partial charge in [-0.2, -0.15) is 0 Å². The second-order valence-corrected chi connectivity index (χ2v) is 3.64. The van der Waals surface area contributed by atoms with Crippen LogP contribution in [-0.4, -0.2) is 30.9 Å². The number of aryl methyl sites for hydroxylation is 1. The third kappa shape index (κ3) is 4.51. The van der Waals surface area contributed by atoms with Crippen molar-refractivity contribution in [1.29, 1.82) is 0 Å². The molecule has 0 heterocycles. The summed E-state index contributed by atoms with van der Waals surface area (Å²) in [5, 5.41) is 8.85. The summed E-state index contributed by atoms with van der Waals surface area (Å²) in [5.74, 6) is -0.408. The molecule has 0 bridgehead atoms. The minimum Gasteiger partial charge on any atom is -0.490 e. The molecule has 0 aliphatic rings. The van der Waals surface area contributed by atoms with E-state index < -0.39 is 5.97 Å². The van der Waals surface area contributed by atoms with Crippen LogP contribution in [0.25, 0.3) is 0 Å². The molecule has 0 aliphatic carbocycles. The highest BCUT2D eigenvalue weighted by Crippen LogP contribution is 2.24. The number of carbonyl (C=O) groups is 1. The third-order valence-electron chi connectivity index (χ3n) is 1.80. The molecule has 4 nitrogen and oxygen atoms in total. The topological polar surface area (TPSA) is 55.8 Å². The lowest BCUT2D eigenvalue weighted by Gasteiger charge is -2.08. The van der Waals surface area contributed by atoms with Gasteiger partial charge in [-0.25, -0.2) is 4.79 Å². The smallest absolute Gasteiger partial charge is 0.329 e. The van der Waals surface area contributed by atoms with E-state index in [2.05, 4.69) is 0 Å². The highest BCUT2D eigenvalue weighted by molar-refractivity contribution is 6.32. The number of carboxylic acids is 1. The van der Waals surface area contributed by atoms with Crippen LogP contribution >= 0.6 is 11.6 Å². The Bertz CT molecular complexity index is 365. The summed E-state index contributed by atoms with van der Waals surface area (Å²) in [6, 6.07) is 5.46. The van der Waals surface area contributed by atoms with Crippen LogP contribution < -0.4 is 4.74 Å². The van der Waals surface area contributed by atoms with Crippen LogP contribution in [0.1, 0.15) is 5.56 Å². The first kappa shape index (κ1) is 12.8. The summed E-state index contributed by atoms with van der Waals surface area (Å²) in [5.41, 5.74) is 1.05. The molecule has 0 aliphatic heterocycles. The Morgan fingerprint density at radius 2 is 2.19 bits per heavy atom. The Kier molecular flexibility index (Phi) is 5.08. The number of rotatable bonds is 6. The largest absolute Gasteiger partial charge is 0.490 e. The fourth-order valence-corrected chi connectivity index (χ4v) is 1.26. The van der Waals surface area contributed by atoms with Crippen molar-refractivity contribution < 1.29 is 19.4 Å². The number of aliphatic carboxylic acids is 1.